The monoisotopic (exact) mass is 471 g/mol. The maximum Gasteiger partial charge on any atom is 0.191 e. The van der Waals surface area contributed by atoms with Crippen LogP contribution in [0.1, 0.15) is 43.7 Å². The van der Waals surface area contributed by atoms with Crippen molar-refractivity contribution < 1.29 is 19.0 Å². The topological polar surface area (TPSA) is 69.4 Å². The second-order valence-corrected chi connectivity index (χ2v) is 9.26. The summed E-state index contributed by atoms with van der Waals surface area (Å²) in [6.45, 7) is 0.262. The minimum atomic E-state index is -0.692. The van der Waals surface area contributed by atoms with Gasteiger partial charge in [-0.1, -0.05) is 49.2 Å². The van der Waals surface area contributed by atoms with Crippen molar-refractivity contribution in [2.45, 2.75) is 56.0 Å². The highest BCUT2D eigenvalue weighted by Crippen LogP contribution is 2.36. The van der Waals surface area contributed by atoms with Crippen LogP contribution in [-0.2, 0) is 11.3 Å². The quantitative estimate of drug-likeness (QED) is 0.407. The predicted octanol–water partition coefficient (Wildman–Crippen LogP) is 5.27. The van der Waals surface area contributed by atoms with Gasteiger partial charge < -0.3 is 14.6 Å². The Labute approximate surface area is 198 Å². The van der Waals surface area contributed by atoms with Crippen molar-refractivity contribution in [3.05, 3.63) is 59.9 Å². The number of hydrogen-bond acceptors (Lipinski definition) is 6. The molecule has 1 unspecified atom stereocenters. The lowest BCUT2D eigenvalue weighted by molar-refractivity contribution is 0.0386. The zero-order valence-electron chi connectivity index (χ0n) is 18.8. The number of methoxy groups -OCH3 is 1. The smallest absolute Gasteiger partial charge is 0.191 e. The summed E-state index contributed by atoms with van der Waals surface area (Å²) in [5, 5.41) is 20.2. The minimum absolute atomic E-state index is 0.129. The van der Waals surface area contributed by atoms with E-state index in [1.165, 1.54) is 37.1 Å². The highest BCUT2D eigenvalue weighted by atomic mass is 32.2. The summed E-state index contributed by atoms with van der Waals surface area (Å²) in [6, 6.07) is 14.7. The van der Waals surface area contributed by atoms with Crippen LogP contribution in [0.15, 0.2) is 53.7 Å². The third-order valence-electron chi connectivity index (χ3n) is 5.88. The van der Waals surface area contributed by atoms with E-state index in [9.17, 15) is 9.50 Å². The van der Waals surface area contributed by atoms with Crippen molar-refractivity contribution in [3.63, 3.8) is 0 Å². The number of aliphatic hydroxyl groups is 1. The zero-order valence-corrected chi connectivity index (χ0v) is 19.6. The van der Waals surface area contributed by atoms with Gasteiger partial charge in [0.1, 0.15) is 11.6 Å². The normalized spacial score (nSPS) is 15.5. The standard InChI is InChI=1S/C25H30FN3O3S/c1-31-22-13-11-18(12-14-22)24-27-28-25(29(24)20-8-3-2-4-9-20)33-17-21(30)16-32-15-19-7-5-6-10-23(19)26/h5-7,10-14,20-21,30H,2-4,8-9,15-17H2,1H3. The van der Waals surface area contributed by atoms with Crippen LogP contribution in [0.3, 0.4) is 0 Å². The first kappa shape index (κ1) is 23.7. The molecule has 1 aliphatic carbocycles. The molecule has 1 aliphatic rings. The van der Waals surface area contributed by atoms with Crippen LogP contribution >= 0.6 is 11.8 Å². The van der Waals surface area contributed by atoms with Gasteiger partial charge in [0.05, 0.1) is 26.4 Å². The molecule has 6 nitrogen and oxygen atoms in total. The van der Waals surface area contributed by atoms with Crippen molar-refractivity contribution in [3.8, 4) is 17.1 Å². The molecule has 1 atom stereocenters. The Bertz CT molecular complexity index is 1020. The summed E-state index contributed by atoms with van der Waals surface area (Å²) < 4.78 is 26.8. The number of aromatic nitrogens is 3. The Morgan fingerprint density at radius 3 is 2.58 bits per heavy atom. The first-order valence-electron chi connectivity index (χ1n) is 11.4. The van der Waals surface area contributed by atoms with E-state index >= 15 is 0 Å². The fourth-order valence-electron chi connectivity index (χ4n) is 4.12. The van der Waals surface area contributed by atoms with E-state index in [2.05, 4.69) is 14.8 Å². The molecular formula is C25H30FN3O3S. The number of ether oxygens (including phenoxy) is 2. The lowest BCUT2D eigenvalue weighted by Crippen LogP contribution is -2.19. The largest absolute Gasteiger partial charge is 0.497 e. The van der Waals surface area contributed by atoms with Gasteiger partial charge in [0.15, 0.2) is 11.0 Å². The number of benzene rings is 2. The van der Waals surface area contributed by atoms with E-state index in [0.29, 0.717) is 17.4 Å². The highest BCUT2D eigenvalue weighted by Gasteiger charge is 2.24. The van der Waals surface area contributed by atoms with Gasteiger partial charge in [0.2, 0.25) is 0 Å². The highest BCUT2D eigenvalue weighted by molar-refractivity contribution is 7.99. The van der Waals surface area contributed by atoms with E-state index in [-0.39, 0.29) is 19.0 Å². The molecule has 8 heteroatoms. The molecule has 0 amide bonds. The van der Waals surface area contributed by atoms with Gasteiger partial charge in [-0.2, -0.15) is 0 Å². The van der Waals surface area contributed by atoms with Crippen molar-refractivity contribution in [2.75, 3.05) is 19.5 Å². The molecule has 0 saturated heterocycles. The van der Waals surface area contributed by atoms with E-state index in [1.807, 2.05) is 24.3 Å². The molecule has 4 rings (SSSR count). The second kappa shape index (κ2) is 11.6. The van der Waals surface area contributed by atoms with Gasteiger partial charge in [-0.15, -0.1) is 10.2 Å². The number of thioether (sulfide) groups is 1. The fraction of sp³-hybridized carbons (Fsp3) is 0.440. The molecule has 3 aromatic rings. The van der Waals surface area contributed by atoms with E-state index < -0.39 is 6.10 Å². The van der Waals surface area contributed by atoms with Gasteiger partial charge in [-0.3, -0.25) is 4.57 Å². The maximum absolute atomic E-state index is 13.7. The van der Waals surface area contributed by atoms with Crippen molar-refractivity contribution in [1.29, 1.82) is 0 Å². The molecule has 0 bridgehead atoms. The summed E-state index contributed by atoms with van der Waals surface area (Å²) in [5.74, 6) is 1.77. The van der Waals surface area contributed by atoms with Crippen LogP contribution in [0.2, 0.25) is 0 Å². The minimum Gasteiger partial charge on any atom is -0.497 e. The Kier molecular flexibility index (Phi) is 8.36. The van der Waals surface area contributed by atoms with Gasteiger partial charge in [-0.25, -0.2) is 4.39 Å². The summed E-state index contributed by atoms with van der Waals surface area (Å²) in [4.78, 5) is 0. The molecule has 1 heterocycles. The van der Waals surface area contributed by atoms with E-state index in [0.717, 1.165) is 35.1 Å². The second-order valence-electron chi connectivity index (χ2n) is 8.27. The fourth-order valence-corrected chi connectivity index (χ4v) is 5.03. The van der Waals surface area contributed by atoms with E-state index in [4.69, 9.17) is 9.47 Å². The van der Waals surface area contributed by atoms with Gasteiger partial charge in [-0.05, 0) is 43.2 Å². The molecular weight excluding hydrogens is 441 g/mol. The van der Waals surface area contributed by atoms with Crippen molar-refractivity contribution in [1.82, 2.24) is 14.8 Å². The summed E-state index contributed by atoms with van der Waals surface area (Å²) in [5.41, 5.74) is 1.48. The van der Waals surface area contributed by atoms with Gasteiger partial charge >= 0.3 is 0 Å². The number of halogens is 1. The number of aliphatic hydroxyl groups excluding tert-OH is 1. The molecule has 0 radical (unpaired) electrons. The molecule has 0 aliphatic heterocycles. The molecule has 1 aromatic heterocycles. The van der Waals surface area contributed by atoms with Crippen LogP contribution in [0.5, 0.6) is 5.75 Å². The summed E-state index contributed by atoms with van der Waals surface area (Å²) in [6.07, 6.45) is 5.16. The Morgan fingerprint density at radius 1 is 1.09 bits per heavy atom. The van der Waals surface area contributed by atoms with E-state index in [1.54, 1.807) is 25.3 Å². The van der Waals surface area contributed by atoms with Crippen LogP contribution < -0.4 is 4.74 Å². The number of hydrogen-bond donors (Lipinski definition) is 1. The van der Waals surface area contributed by atoms with Gasteiger partial charge in [0.25, 0.3) is 0 Å². The first-order valence-corrected chi connectivity index (χ1v) is 12.4. The van der Waals surface area contributed by atoms with Crippen molar-refractivity contribution in [2.24, 2.45) is 0 Å². The first-order chi connectivity index (χ1) is 16.2. The average Bonchev–Trinajstić information content (AvgIpc) is 3.28. The zero-order chi connectivity index (χ0) is 23.0. The molecule has 1 N–H and O–H groups in total. The molecule has 176 valence electrons. The third-order valence-corrected chi connectivity index (χ3v) is 6.97. The average molecular weight is 472 g/mol. The SMILES string of the molecule is COc1ccc(-c2nnc(SCC(O)COCc3ccccc3F)n2C2CCCCC2)cc1. The molecule has 2 aromatic carbocycles. The number of nitrogens with zero attached hydrogens (tertiary/aromatic N) is 3. The number of rotatable bonds is 10. The molecule has 0 spiro atoms. The molecule has 33 heavy (non-hydrogen) atoms. The Morgan fingerprint density at radius 2 is 1.85 bits per heavy atom. The third kappa shape index (κ3) is 6.13. The summed E-state index contributed by atoms with van der Waals surface area (Å²) >= 11 is 1.48. The Hall–Kier alpha value is -2.42. The maximum atomic E-state index is 13.7. The summed E-state index contributed by atoms with van der Waals surface area (Å²) in [7, 11) is 1.65. The predicted molar refractivity (Wildman–Crippen MR) is 127 cm³/mol. The lowest BCUT2D eigenvalue weighted by Gasteiger charge is -2.25. The van der Waals surface area contributed by atoms with Crippen LogP contribution in [0, 0.1) is 5.82 Å². The van der Waals surface area contributed by atoms with Crippen LogP contribution in [0.4, 0.5) is 4.39 Å². The van der Waals surface area contributed by atoms with Crippen LogP contribution in [0.25, 0.3) is 11.4 Å². The van der Waals surface area contributed by atoms with Crippen LogP contribution in [-0.4, -0.2) is 45.4 Å². The van der Waals surface area contributed by atoms with Crippen molar-refractivity contribution >= 4 is 11.8 Å². The molecule has 1 saturated carbocycles. The van der Waals surface area contributed by atoms with Gasteiger partial charge in [0, 0.05) is 22.9 Å². The molecule has 1 fully saturated rings. The lowest BCUT2D eigenvalue weighted by atomic mass is 9.95. The Balaban J connectivity index is 1.42.